The molecule has 1 aliphatic rings. The third-order valence-corrected chi connectivity index (χ3v) is 3.07. The third kappa shape index (κ3) is 3.17. The van der Waals surface area contributed by atoms with Crippen molar-refractivity contribution in [2.45, 2.75) is 44.7 Å². The molecule has 84 valence electrons. The fourth-order valence-corrected chi connectivity index (χ4v) is 2.18. The molecule has 1 N–H and O–H groups in total. The van der Waals surface area contributed by atoms with E-state index in [-0.39, 0.29) is 12.6 Å². The van der Waals surface area contributed by atoms with E-state index in [1.54, 1.807) is 0 Å². The maximum absolute atomic E-state index is 12.3. The van der Waals surface area contributed by atoms with Gasteiger partial charge in [-0.05, 0) is 33.4 Å². The summed E-state index contributed by atoms with van der Waals surface area (Å²) in [5.74, 6) is 0. The van der Waals surface area contributed by atoms with Crippen molar-refractivity contribution in [2.24, 2.45) is 0 Å². The maximum atomic E-state index is 12.3. The third-order valence-electron chi connectivity index (χ3n) is 3.07. The van der Waals surface area contributed by atoms with Gasteiger partial charge in [0.1, 0.15) is 0 Å². The van der Waals surface area contributed by atoms with Crippen LogP contribution in [0.1, 0.15) is 26.2 Å². The lowest BCUT2D eigenvalue weighted by molar-refractivity contribution is 0.0395. The second-order valence-electron chi connectivity index (χ2n) is 4.03. The molecule has 0 radical (unpaired) electrons. The van der Waals surface area contributed by atoms with Gasteiger partial charge in [0, 0.05) is 12.1 Å². The Kier molecular flexibility index (Phi) is 4.75. The number of piperidine rings is 1. The first-order valence-corrected chi connectivity index (χ1v) is 5.34. The van der Waals surface area contributed by atoms with Crippen molar-refractivity contribution in [3.8, 4) is 0 Å². The molecule has 4 heteroatoms. The first-order valence-electron chi connectivity index (χ1n) is 5.34. The summed E-state index contributed by atoms with van der Waals surface area (Å²) in [6.45, 7) is 2.81. The number of hydrogen-bond acceptors (Lipinski definition) is 2. The molecule has 2 nitrogen and oxygen atoms in total. The highest BCUT2D eigenvalue weighted by atomic mass is 19.3. The molecule has 1 rings (SSSR count). The van der Waals surface area contributed by atoms with Gasteiger partial charge < -0.3 is 5.32 Å². The van der Waals surface area contributed by atoms with E-state index in [1.165, 1.54) is 0 Å². The largest absolute Gasteiger partial charge is 0.316 e. The Morgan fingerprint density at radius 1 is 1.43 bits per heavy atom. The van der Waals surface area contributed by atoms with E-state index < -0.39 is 6.43 Å². The first kappa shape index (κ1) is 11.9. The molecule has 0 aromatic heterocycles. The van der Waals surface area contributed by atoms with Crippen LogP contribution in [0.3, 0.4) is 0 Å². The van der Waals surface area contributed by atoms with E-state index in [0.29, 0.717) is 6.04 Å². The predicted octanol–water partition coefficient (Wildman–Crippen LogP) is 1.71. The average Bonchev–Trinajstić information content (AvgIpc) is 2.16. The van der Waals surface area contributed by atoms with Crippen molar-refractivity contribution >= 4 is 0 Å². The van der Waals surface area contributed by atoms with Crippen LogP contribution in [0.25, 0.3) is 0 Å². The Labute approximate surface area is 84.7 Å². The molecule has 1 heterocycles. The minimum Gasteiger partial charge on any atom is -0.316 e. The zero-order valence-electron chi connectivity index (χ0n) is 8.97. The molecule has 2 unspecified atom stereocenters. The molecule has 2 atom stereocenters. The van der Waals surface area contributed by atoms with Gasteiger partial charge in [-0.25, -0.2) is 8.78 Å². The predicted molar refractivity (Wildman–Crippen MR) is 53.7 cm³/mol. The van der Waals surface area contributed by atoms with Crippen LogP contribution in [0.2, 0.25) is 0 Å². The molecule has 0 aromatic carbocycles. The Bertz CT molecular complexity index is 164. The topological polar surface area (TPSA) is 15.3 Å². The molecular weight excluding hydrogens is 186 g/mol. The Hall–Kier alpha value is -0.220. The lowest BCUT2D eigenvalue weighted by atomic mass is 9.96. The van der Waals surface area contributed by atoms with Crippen LogP contribution in [-0.4, -0.2) is 43.5 Å². The van der Waals surface area contributed by atoms with Crippen molar-refractivity contribution in [2.75, 3.05) is 20.1 Å². The summed E-state index contributed by atoms with van der Waals surface area (Å²) in [5, 5.41) is 3.15. The molecule has 1 fully saturated rings. The molecule has 0 spiro atoms. The quantitative estimate of drug-likeness (QED) is 0.753. The number of rotatable bonds is 4. The second-order valence-corrected chi connectivity index (χ2v) is 4.03. The van der Waals surface area contributed by atoms with Crippen LogP contribution in [-0.2, 0) is 0 Å². The highest BCUT2D eigenvalue weighted by Crippen LogP contribution is 2.20. The fourth-order valence-electron chi connectivity index (χ4n) is 2.18. The van der Waals surface area contributed by atoms with Gasteiger partial charge in [0.2, 0.25) is 0 Å². The van der Waals surface area contributed by atoms with Crippen molar-refractivity contribution < 1.29 is 8.78 Å². The van der Waals surface area contributed by atoms with Gasteiger partial charge in [0.15, 0.2) is 0 Å². The van der Waals surface area contributed by atoms with Crippen LogP contribution in [0.15, 0.2) is 0 Å². The highest BCUT2D eigenvalue weighted by Gasteiger charge is 2.28. The van der Waals surface area contributed by atoms with E-state index >= 15 is 0 Å². The smallest absolute Gasteiger partial charge is 0.251 e. The zero-order valence-corrected chi connectivity index (χ0v) is 8.97. The van der Waals surface area contributed by atoms with E-state index in [2.05, 4.69) is 12.2 Å². The number of halogens is 2. The van der Waals surface area contributed by atoms with E-state index in [9.17, 15) is 8.78 Å². The van der Waals surface area contributed by atoms with Gasteiger partial charge in [-0.15, -0.1) is 0 Å². The van der Waals surface area contributed by atoms with Crippen LogP contribution in [0.5, 0.6) is 0 Å². The van der Waals surface area contributed by atoms with Gasteiger partial charge >= 0.3 is 0 Å². The molecule has 0 saturated carbocycles. The van der Waals surface area contributed by atoms with E-state index in [0.717, 1.165) is 25.8 Å². The van der Waals surface area contributed by atoms with Gasteiger partial charge in [-0.3, -0.25) is 4.90 Å². The standard InChI is InChI=1S/C10H20F2N2/c1-8(13-2)9-5-3-4-6-14(9)7-10(11)12/h8-10,13H,3-7H2,1-2H3. The number of likely N-dealkylation sites (tertiary alicyclic amines) is 1. The van der Waals surface area contributed by atoms with E-state index in [1.807, 2.05) is 11.9 Å². The van der Waals surface area contributed by atoms with Gasteiger partial charge in [-0.2, -0.15) is 0 Å². The molecule has 1 aliphatic heterocycles. The van der Waals surface area contributed by atoms with Crippen molar-refractivity contribution in [3.63, 3.8) is 0 Å². The van der Waals surface area contributed by atoms with Gasteiger partial charge in [-0.1, -0.05) is 6.42 Å². The SMILES string of the molecule is CNC(C)C1CCCCN1CC(F)F. The molecule has 0 amide bonds. The Morgan fingerprint density at radius 3 is 2.71 bits per heavy atom. The van der Waals surface area contributed by atoms with Gasteiger partial charge in [0.05, 0.1) is 6.54 Å². The number of likely N-dealkylation sites (N-methyl/N-ethyl adjacent to an activating group) is 1. The summed E-state index contributed by atoms with van der Waals surface area (Å²) in [4.78, 5) is 1.93. The summed E-state index contributed by atoms with van der Waals surface area (Å²) in [7, 11) is 1.89. The van der Waals surface area contributed by atoms with Crippen molar-refractivity contribution in [1.29, 1.82) is 0 Å². The minimum absolute atomic E-state index is 0.0727. The summed E-state index contributed by atoms with van der Waals surface area (Å²) < 4.78 is 24.6. The van der Waals surface area contributed by atoms with E-state index in [4.69, 9.17) is 0 Å². The van der Waals surface area contributed by atoms with Crippen LogP contribution >= 0.6 is 0 Å². The number of nitrogens with one attached hydrogen (secondary N) is 1. The minimum atomic E-state index is -2.21. The number of nitrogens with zero attached hydrogens (tertiary/aromatic N) is 1. The molecule has 0 aromatic rings. The fraction of sp³-hybridized carbons (Fsp3) is 1.00. The Balaban J connectivity index is 2.49. The zero-order chi connectivity index (χ0) is 10.6. The second kappa shape index (κ2) is 5.61. The molecule has 1 saturated heterocycles. The summed E-state index contributed by atoms with van der Waals surface area (Å²) >= 11 is 0. The normalized spacial score (nSPS) is 26.8. The van der Waals surface area contributed by atoms with Crippen molar-refractivity contribution in [3.05, 3.63) is 0 Å². The monoisotopic (exact) mass is 206 g/mol. The van der Waals surface area contributed by atoms with Crippen LogP contribution < -0.4 is 5.32 Å². The Morgan fingerprint density at radius 2 is 2.14 bits per heavy atom. The molecule has 0 aliphatic carbocycles. The van der Waals surface area contributed by atoms with Crippen LogP contribution in [0, 0.1) is 0 Å². The average molecular weight is 206 g/mol. The number of hydrogen-bond donors (Lipinski definition) is 1. The summed E-state index contributed by atoms with van der Waals surface area (Å²) in [6, 6.07) is 0.580. The maximum Gasteiger partial charge on any atom is 0.251 e. The molecule has 14 heavy (non-hydrogen) atoms. The molecule has 0 bridgehead atoms. The van der Waals surface area contributed by atoms with Crippen molar-refractivity contribution in [1.82, 2.24) is 10.2 Å². The molecular formula is C10H20F2N2. The summed E-state index contributed by atoms with van der Waals surface area (Å²) in [6.07, 6.45) is 1.05. The lowest BCUT2D eigenvalue weighted by Crippen LogP contribution is -2.51. The van der Waals surface area contributed by atoms with Crippen LogP contribution in [0.4, 0.5) is 8.78 Å². The lowest BCUT2D eigenvalue weighted by Gasteiger charge is -2.38. The first-order chi connectivity index (χ1) is 6.65. The van der Waals surface area contributed by atoms with Gasteiger partial charge in [0.25, 0.3) is 6.43 Å². The summed E-state index contributed by atoms with van der Waals surface area (Å²) in [5.41, 5.74) is 0. The number of alkyl halides is 2. The highest BCUT2D eigenvalue weighted by molar-refractivity contribution is 4.84.